The van der Waals surface area contributed by atoms with Gasteiger partial charge >= 0.3 is 5.97 Å². The summed E-state index contributed by atoms with van der Waals surface area (Å²) in [5.41, 5.74) is 0.556. The largest absolute Gasteiger partial charge is 0.427 e. The van der Waals surface area contributed by atoms with Crippen LogP contribution in [0, 0.1) is 0 Å². The fourth-order valence-electron chi connectivity index (χ4n) is 1.81. The van der Waals surface area contributed by atoms with Crippen LogP contribution in [0.4, 0.5) is 0 Å². The van der Waals surface area contributed by atoms with E-state index in [0.717, 1.165) is 19.6 Å². The van der Waals surface area contributed by atoms with Gasteiger partial charge in [0.05, 0.1) is 0 Å². The molecule has 0 unspecified atom stereocenters. The van der Waals surface area contributed by atoms with Crippen molar-refractivity contribution in [1.29, 1.82) is 0 Å². The third kappa shape index (κ3) is 7.11. The van der Waals surface area contributed by atoms with Crippen LogP contribution in [0.15, 0.2) is 24.3 Å². The minimum atomic E-state index is -0.374. The van der Waals surface area contributed by atoms with Gasteiger partial charge in [0.15, 0.2) is 0 Å². The third-order valence-corrected chi connectivity index (χ3v) is 2.99. The molecule has 0 saturated heterocycles. The molecular weight excluding hydrogens is 292 g/mol. The maximum absolute atomic E-state index is 11.9. The number of hydrogen-bond acceptors (Lipinski definition) is 4. The first kappa shape index (κ1) is 19.4. The summed E-state index contributed by atoms with van der Waals surface area (Å²) in [6.45, 7) is 8.94. The first-order valence-electron chi connectivity index (χ1n) is 6.85. The number of halogens is 1. The number of nitrogens with one attached hydrogen (secondary N) is 1. The Kier molecular flexibility index (Phi) is 9.41. The molecule has 0 radical (unpaired) electrons. The Hall–Kier alpha value is -1.59. The molecule has 0 spiro atoms. The highest BCUT2D eigenvalue weighted by Crippen LogP contribution is 2.12. The van der Waals surface area contributed by atoms with Crippen molar-refractivity contribution in [3.05, 3.63) is 29.8 Å². The second kappa shape index (κ2) is 10.2. The second-order valence-electron chi connectivity index (χ2n) is 4.40. The summed E-state index contributed by atoms with van der Waals surface area (Å²) in [5.74, 6) is -0.0508. The highest BCUT2D eigenvalue weighted by atomic mass is 35.5. The van der Waals surface area contributed by atoms with E-state index < -0.39 is 0 Å². The van der Waals surface area contributed by atoms with E-state index in [9.17, 15) is 9.59 Å². The Morgan fingerprint density at radius 2 is 1.71 bits per heavy atom. The normalized spacial score (nSPS) is 9.90. The maximum atomic E-state index is 11.9. The van der Waals surface area contributed by atoms with Crippen molar-refractivity contribution in [2.24, 2.45) is 0 Å². The van der Waals surface area contributed by atoms with Crippen molar-refractivity contribution in [2.45, 2.75) is 20.8 Å². The number of ether oxygens (including phenoxy) is 1. The first-order chi connectivity index (χ1) is 9.56. The molecule has 1 aromatic carbocycles. The van der Waals surface area contributed by atoms with E-state index in [2.05, 4.69) is 24.1 Å². The smallest absolute Gasteiger partial charge is 0.308 e. The van der Waals surface area contributed by atoms with Crippen LogP contribution in [-0.4, -0.2) is 43.0 Å². The van der Waals surface area contributed by atoms with Crippen LogP contribution in [0.5, 0.6) is 5.75 Å². The van der Waals surface area contributed by atoms with Gasteiger partial charge in [-0.3, -0.25) is 9.59 Å². The monoisotopic (exact) mass is 314 g/mol. The fraction of sp³-hybridized carbons (Fsp3) is 0.467. The Morgan fingerprint density at radius 1 is 1.14 bits per heavy atom. The second-order valence-corrected chi connectivity index (χ2v) is 4.40. The number of nitrogens with zero attached hydrogens (tertiary/aromatic N) is 1. The quantitative estimate of drug-likeness (QED) is 0.618. The van der Waals surface area contributed by atoms with Gasteiger partial charge in [0.25, 0.3) is 5.91 Å². The number of amides is 1. The van der Waals surface area contributed by atoms with Gasteiger partial charge in [0, 0.05) is 25.6 Å². The van der Waals surface area contributed by atoms with Crippen molar-refractivity contribution in [2.75, 3.05) is 26.2 Å². The maximum Gasteiger partial charge on any atom is 0.308 e. The Balaban J connectivity index is 0.00000400. The zero-order valence-electron chi connectivity index (χ0n) is 12.7. The average molecular weight is 315 g/mol. The number of carbonyl (C=O) groups excluding carboxylic acids is 2. The summed E-state index contributed by atoms with van der Waals surface area (Å²) in [4.78, 5) is 24.9. The van der Waals surface area contributed by atoms with Crippen LogP contribution in [0.2, 0.25) is 0 Å². The lowest BCUT2D eigenvalue weighted by Crippen LogP contribution is -2.34. The van der Waals surface area contributed by atoms with Crippen molar-refractivity contribution < 1.29 is 14.3 Å². The number of rotatable bonds is 7. The van der Waals surface area contributed by atoms with Gasteiger partial charge in [-0.25, -0.2) is 0 Å². The Labute approximate surface area is 132 Å². The molecule has 0 fully saturated rings. The molecule has 1 N–H and O–H groups in total. The lowest BCUT2D eigenvalue weighted by Gasteiger charge is -2.17. The molecule has 118 valence electrons. The van der Waals surface area contributed by atoms with E-state index in [4.69, 9.17) is 4.74 Å². The highest BCUT2D eigenvalue weighted by molar-refractivity contribution is 5.94. The van der Waals surface area contributed by atoms with Gasteiger partial charge in [-0.15, -0.1) is 12.4 Å². The fourth-order valence-corrected chi connectivity index (χ4v) is 1.81. The van der Waals surface area contributed by atoms with E-state index >= 15 is 0 Å². The van der Waals surface area contributed by atoms with Crippen LogP contribution >= 0.6 is 12.4 Å². The van der Waals surface area contributed by atoms with Crippen molar-refractivity contribution in [3.8, 4) is 5.75 Å². The van der Waals surface area contributed by atoms with Gasteiger partial charge in [0.2, 0.25) is 0 Å². The Morgan fingerprint density at radius 3 is 2.19 bits per heavy atom. The summed E-state index contributed by atoms with van der Waals surface area (Å²) < 4.78 is 4.91. The van der Waals surface area contributed by atoms with Gasteiger partial charge < -0.3 is 15.0 Å². The van der Waals surface area contributed by atoms with Crippen LogP contribution in [-0.2, 0) is 4.79 Å². The van der Waals surface area contributed by atoms with Crippen molar-refractivity contribution in [3.63, 3.8) is 0 Å². The molecule has 0 aliphatic carbocycles. The number of carbonyl (C=O) groups is 2. The molecule has 1 amide bonds. The van der Waals surface area contributed by atoms with Crippen LogP contribution < -0.4 is 10.1 Å². The minimum Gasteiger partial charge on any atom is -0.427 e. The number of esters is 1. The summed E-state index contributed by atoms with van der Waals surface area (Å²) in [6.07, 6.45) is 0. The van der Waals surface area contributed by atoms with Gasteiger partial charge in [-0.1, -0.05) is 13.8 Å². The standard InChI is InChI=1S/C15H22N2O3.ClH/c1-4-17(5-2)11-10-16-15(19)13-6-8-14(9-7-13)20-12(3)18;/h6-9H,4-5,10-11H2,1-3H3,(H,16,19);1H. The molecule has 5 nitrogen and oxygen atoms in total. The molecule has 1 rings (SSSR count). The van der Waals surface area contributed by atoms with E-state index in [1.807, 2.05) is 0 Å². The van der Waals surface area contributed by atoms with Crippen LogP contribution in [0.1, 0.15) is 31.1 Å². The predicted molar refractivity (Wildman–Crippen MR) is 85.1 cm³/mol. The SMILES string of the molecule is CCN(CC)CCNC(=O)c1ccc(OC(C)=O)cc1.Cl. The molecular formula is C15H23ClN2O3. The summed E-state index contributed by atoms with van der Waals surface area (Å²) >= 11 is 0. The van der Waals surface area contributed by atoms with E-state index in [0.29, 0.717) is 17.9 Å². The predicted octanol–water partition coefficient (Wildman–Crippen LogP) is 2.11. The number of likely N-dealkylation sites (N-methyl/N-ethyl adjacent to an activating group) is 1. The molecule has 0 bridgehead atoms. The van der Waals surface area contributed by atoms with E-state index in [1.54, 1.807) is 24.3 Å². The number of hydrogen-bond donors (Lipinski definition) is 1. The lowest BCUT2D eigenvalue weighted by molar-refractivity contribution is -0.131. The molecule has 0 aliphatic rings. The molecule has 0 atom stereocenters. The highest BCUT2D eigenvalue weighted by Gasteiger charge is 2.06. The first-order valence-corrected chi connectivity index (χ1v) is 6.85. The zero-order valence-corrected chi connectivity index (χ0v) is 13.5. The van der Waals surface area contributed by atoms with Gasteiger partial charge in [-0.05, 0) is 37.4 Å². The van der Waals surface area contributed by atoms with E-state index in [-0.39, 0.29) is 24.3 Å². The minimum absolute atomic E-state index is 0. The lowest BCUT2D eigenvalue weighted by atomic mass is 10.2. The summed E-state index contributed by atoms with van der Waals surface area (Å²) in [5, 5.41) is 2.87. The van der Waals surface area contributed by atoms with Crippen molar-refractivity contribution in [1.82, 2.24) is 10.2 Å². The molecule has 0 aromatic heterocycles. The zero-order chi connectivity index (χ0) is 15.0. The average Bonchev–Trinajstić information content (AvgIpc) is 2.43. The van der Waals surface area contributed by atoms with E-state index in [1.165, 1.54) is 6.92 Å². The molecule has 0 aliphatic heterocycles. The molecule has 6 heteroatoms. The molecule has 1 aromatic rings. The summed E-state index contributed by atoms with van der Waals surface area (Å²) in [6, 6.07) is 6.51. The number of benzene rings is 1. The molecule has 0 saturated carbocycles. The summed E-state index contributed by atoms with van der Waals surface area (Å²) in [7, 11) is 0. The van der Waals surface area contributed by atoms with Gasteiger partial charge in [-0.2, -0.15) is 0 Å². The topological polar surface area (TPSA) is 58.6 Å². The molecule has 21 heavy (non-hydrogen) atoms. The van der Waals surface area contributed by atoms with Crippen LogP contribution in [0.25, 0.3) is 0 Å². The van der Waals surface area contributed by atoms with Gasteiger partial charge in [0.1, 0.15) is 5.75 Å². The van der Waals surface area contributed by atoms with Crippen LogP contribution in [0.3, 0.4) is 0 Å². The Bertz CT molecular complexity index is 445. The third-order valence-electron chi connectivity index (χ3n) is 2.99. The molecule has 0 heterocycles. The van der Waals surface area contributed by atoms with Crippen molar-refractivity contribution >= 4 is 24.3 Å².